The highest BCUT2D eigenvalue weighted by Crippen LogP contribution is 2.41. The number of hydrogen-bond acceptors (Lipinski definition) is 4. The molecule has 40 heavy (non-hydrogen) atoms. The number of carbonyl (C=O) groups is 2. The van der Waals surface area contributed by atoms with Crippen molar-refractivity contribution in [1.82, 2.24) is 19.9 Å². The van der Waals surface area contributed by atoms with Crippen LogP contribution < -0.4 is 0 Å². The summed E-state index contributed by atoms with van der Waals surface area (Å²) in [7, 11) is 0. The number of nitrogens with one attached hydrogen (secondary N) is 2. The maximum Gasteiger partial charge on any atom is 0.338 e. The van der Waals surface area contributed by atoms with Crippen LogP contribution in [-0.4, -0.2) is 42.1 Å². The fourth-order valence-corrected chi connectivity index (χ4v) is 6.03. The number of H-pyrrole nitrogens is 2. The lowest BCUT2D eigenvalue weighted by Crippen LogP contribution is -2.06. The van der Waals surface area contributed by atoms with Crippen LogP contribution in [-0.2, 0) is 11.2 Å². The summed E-state index contributed by atoms with van der Waals surface area (Å²) in [5.74, 6) is -2.17. The zero-order chi connectivity index (χ0) is 28.9. The first-order valence-electron chi connectivity index (χ1n) is 13.6. The molecule has 2 unspecified atom stereocenters. The molecule has 8 bridgehead atoms. The van der Waals surface area contributed by atoms with E-state index in [9.17, 15) is 19.8 Å². The van der Waals surface area contributed by atoms with Crippen LogP contribution in [0, 0.1) is 13.8 Å². The first-order valence-corrected chi connectivity index (χ1v) is 13.6. The summed E-state index contributed by atoms with van der Waals surface area (Å²) in [4.78, 5) is 40.6. The average Bonchev–Trinajstić information content (AvgIpc) is 3.55. The van der Waals surface area contributed by atoms with Crippen molar-refractivity contribution in [3.05, 3.63) is 81.9 Å². The molecule has 0 radical (unpaired) electrons. The lowest BCUT2D eigenvalue weighted by atomic mass is 9.87. The molecule has 0 amide bonds. The van der Waals surface area contributed by atoms with Gasteiger partial charge in [-0.25, -0.2) is 9.78 Å². The first-order chi connectivity index (χ1) is 19.0. The van der Waals surface area contributed by atoms with Crippen LogP contribution in [0.4, 0.5) is 0 Å². The molecule has 2 atom stereocenters. The molecule has 0 saturated heterocycles. The van der Waals surface area contributed by atoms with Gasteiger partial charge in [0.1, 0.15) is 0 Å². The first kappa shape index (κ1) is 27.1. The Labute approximate surface area is 232 Å². The van der Waals surface area contributed by atoms with Crippen molar-refractivity contribution >= 4 is 45.2 Å². The number of rotatable bonds is 6. The number of aromatic carboxylic acids is 1. The summed E-state index contributed by atoms with van der Waals surface area (Å²) < 4.78 is 0. The lowest BCUT2D eigenvalue weighted by Gasteiger charge is -2.14. The SMILES string of the molecule is C=CC1=C(C)c2cc3nc(cc4[nH]c(cc5[nH]c(cc1n2)c(C)c5CC)c(C)c4C(=O)O)C(CCC(=O)O)C3C. The molecule has 8 heteroatoms. The van der Waals surface area contributed by atoms with Crippen LogP contribution in [0.15, 0.2) is 36.9 Å². The van der Waals surface area contributed by atoms with Gasteiger partial charge in [-0.2, -0.15) is 0 Å². The van der Waals surface area contributed by atoms with Crippen LogP contribution in [0.5, 0.6) is 0 Å². The normalized spacial score (nSPS) is 16.8. The van der Waals surface area contributed by atoms with E-state index in [1.165, 1.54) is 0 Å². The number of aliphatic carboxylic acids is 1. The average molecular weight is 539 g/mol. The second-order valence-electron chi connectivity index (χ2n) is 10.7. The van der Waals surface area contributed by atoms with Gasteiger partial charge in [0, 0.05) is 51.8 Å². The molecule has 0 aromatic carbocycles. The van der Waals surface area contributed by atoms with Gasteiger partial charge < -0.3 is 20.2 Å². The monoisotopic (exact) mass is 538 g/mol. The third kappa shape index (κ3) is 4.53. The van der Waals surface area contributed by atoms with Crippen LogP contribution in [0.25, 0.3) is 33.2 Å². The van der Waals surface area contributed by atoms with Gasteiger partial charge in [0.15, 0.2) is 0 Å². The number of allylic oxidation sites excluding steroid dienone is 3. The highest BCUT2D eigenvalue weighted by Gasteiger charge is 2.30. The fourth-order valence-electron chi connectivity index (χ4n) is 6.03. The van der Waals surface area contributed by atoms with Crippen molar-refractivity contribution in [2.24, 2.45) is 0 Å². The van der Waals surface area contributed by atoms with Gasteiger partial charge in [0.2, 0.25) is 0 Å². The molecule has 5 rings (SSSR count). The number of aromatic amines is 2. The van der Waals surface area contributed by atoms with Crippen molar-refractivity contribution < 1.29 is 19.8 Å². The second kappa shape index (κ2) is 10.3. The van der Waals surface area contributed by atoms with Crippen molar-refractivity contribution in [1.29, 1.82) is 0 Å². The Bertz CT molecular complexity index is 1770. The number of nitrogens with zero attached hydrogens (tertiary/aromatic N) is 2. The van der Waals surface area contributed by atoms with Gasteiger partial charge >= 0.3 is 11.9 Å². The van der Waals surface area contributed by atoms with Crippen molar-refractivity contribution in [3.8, 4) is 0 Å². The number of fused-ring (bicyclic) bond motifs is 8. The molecule has 4 N–H and O–H groups in total. The zero-order valence-electron chi connectivity index (χ0n) is 23.5. The van der Waals surface area contributed by atoms with Crippen molar-refractivity contribution in [2.75, 3.05) is 0 Å². The predicted octanol–water partition coefficient (Wildman–Crippen LogP) is 7.06. The van der Waals surface area contributed by atoms with Crippen LogP contribution in [0.2, 0.25) is 0 Å². The Morgan fingerprint density at radius 3 is 2.27 bits per heavy atom. The fraction of sp³-hybridized carbons (Fsp3) is 0.312. The minimum absolute atomic E-state index is 0.00876. The summed E-state index contributed by atoms with van der Waals surface area (Å²) >= 11 is 0. The highest BCUT2D eigenvalue weighted by molar-refractivity contribution is 6.01. The minimum atomic E-state index is -1.03. The van der Waals surface area contributed by atoms with Crippen LogP contribution >= 0.6 is 0 Å². The molecule has 3 aromatic rings. The van der Waals surface area contributed by atoms with Gasteiger partial charge in [-0.05, 0) is 80.1 Å². The van der Waals surface area contributed by atoms with E-state index in [0.717, 1.165) is 56.8 Å². The number of aromatic nitrogens is 4. The number of hydrogen-bond donors (Lipinski definition) is 4. The summed E-state index contributed by atoms with van der Waals surface area (Å²) in [6.07, 6.45) is 3.00. The Hall–Kier alpha value is -4.46. The largest absolute Gasteiger partial charge is 0.481 e. The van der Waals surface area contributed by atoms with Crippen LogP contribution in [0.3, 0.4) is 0 Å². The van der Waals surface area contributed by atoms with E-state index < -0.39 is 11.9 Å². The quantitative estimate of drug-likeness (QED) is 0.266. The van der Waals surface area contributed by atoms with Gasteiger partial charge in [0.25, 0.3) is 0 Å². The molecule has 3 aromatic heterocycles. The van der Waals surface area contributed by atoms with Crippen molar-refractivity contribution in [3.63, 3.8) is 0 Å². The number of carboxylic acid groups (broad SMARTS) is 2. The van der Waals surface area contributed by atoms with E-state index in [1.54, 1.807) is 13.0 Å². The molecule has 0 spiro atoms. The van der Waals surface area contributed by atoms with Gasteiger partial charge in [-0.1, -0.05) is 26.5 Å². The smallest absolute Gasteiger partial charge is 0.338 e. The summed E-state index contributed by atoms with van der Waals surface area (Å²) in [6, 6.07) is 7.74. The molecular formula is C32H34N4O4. The number of carboxylic acids is 2. The molecule has 5 heterocycles. The van der Waals surface area contributed by atoms with E-state index in [-0.39, 0.29) is 23.8 Å². The van der Waals surface area contributed by atoms with E-state index in [2.05, 4.69) is 30.4 Å². The van der Waals surface area contributed by atoms with E-state index in [0.29, 0.717) is 28.7 Å². The topological polar surface area (TPSA) is 132 Å². The third-order valence-electron chi connectivity index (χ3n) is 8.37. The standard InChI is InChI=1S/C32H34N4O4/c1-7-19-15(3)22-11-23-17(5)21(9-10-30(37)38)28(35-23)14-29-31(32(39)40)18(6)25(36-29)13-27-20(8-2)16(4)24(34-27)12-26(19)33-22/h7,11-14,17,21,34,36H,1,8-10H2,2-6H3,(H,37,38)(H,39,40). The number of aryl methyl sites for hydroxylation is 3. The Balaban J connectivity index is 1.95. The molecule has 0 aliphatic carbocycles. The molecule has 206 valence electrons. The molecule has 2 aliphatic heterocycles. The maximum atomic E-state index is 12.4. The summed E-state index contributed by atoms with van der Waals surface area (Å²) in [6.45, 7) is 14.1. The van der Waals surface area contributed by atoms with E-state index in [1.807, 2.05) is 38.1 Å². The molecule has 0 saturated carbocycles. The summed E-state index contributed by atoms with van der Waals surface area (Å²) in [5, 5.41) is 19.6. The van der Waals surface area contributed by atoms with E-state index >= 15 is 0 Å². The Morgan fingerprint density at radius 2 is 1.62 bits per heavy atom. The Morgan fingerprint density at radius 1 is 0.925 bits per heavy atom. The lowest BCUT2D eigenvalue weighted by molar-refractivity contribution is -0.137. The van der Waals surface area contributed by atoms with E-state index in [4.69, 9.17) is 9.97 Å². The maximum absolute atomic E-state index is 12.4. The van der Waals surface area contributed by atoms with Crippen LogP contribution in [0.1, 0.15) is 95.3 Å². The minimum Gasteiger partial charge on any atom is -0.481 e. The van der Waals surface area contributed by atoms with Gasteiger partial charge in [0.05, 0.1) is 22.5 Å². The molecule has 2 aliphatic rings. The molecular weight excluding hydrogens is 504 g/mol. The molecule has 8 nitrogen and oxygen atoms in total. The predicted molar refractivity (Wildman–Crippen MR) is 158 cm³/mol. The zero-order valence-corrected chi connectivity index (χ0v) is 23.5. The Kier molecular flexibility index (Phi) is 6.96. The second-order valence-corrected chi connectivity index (χ2v) is 10.7. The molecule has 0 fully saturated rings. The third-order valence-corrected chi connectivity index (χ3v) is 8.37. The van der Waals surface area contributed by atoms with Gasteiger partial charge in [-0.15, -0.1) is 0 Å². The highest BCUT2D eigenvalue weighted by atomic mass is 16.4. The van der Waals surface area contributed by atoms with Gasteiger partial charge in [-0.3, -0.25) is 9.78 Å². The van der Waals surface area contributed by atoms with Crippen molar-refractivity contribution in [2.45, 2.75) is 65.7 Å². The summed E-state index contributed by atoms with van der Waals surface area (Å²) in [5.41, 5.74) is 11.0.